The first-order valence-corrected chi connectivity index (χ1v) is 11.5. The maximum atomic E-state index is 14.8. The summed E-state index contributed by atoms with van der Waals surface area (Å²) in [4.78, 5) is 12.6. The second kappa shape index (κ2) is 11.5. The highest BCUT2D eigenvalue weighted by atomic mass is 19.2. The molecule has 37 heavy (non-hydrogen) atoms. The number of hydrogen-bond acceptors (Lipinski definition) is 4. The minimum Gasteiger partial charge on any atom is -0.494 e. The molecule has 0 N–H and O–H groups in total. The lowest BCUT2D eigenvalue weighted by Gasteiger charge is -2.11. The molecule has 0 unspecified atom stereocenters. The molecular weight excluding hydrogens is 481 g/mol. The molecule has 4 aromatic rings. The summed E-state index contributed by atoms with van der Waals surface area (Å²) >= 11 is 0. The Labute approximate surface area is 212 Å². The van der Waals surface area contributed by atoms with Gasteiger partial charge in [0.05, 0.1) is 12.2 Å². The van der Waals surface area contributed by atoms with E-state index in [1.807, 2.05) is 6.92 Å². The molecule has 4 rings (SSSR count). The average Bonchev–Trinajstić information content (AvgIpc) is 2.90. The topological polar surface area (TPSA) is 44.8 Å². The number of esters is 1. The Balaban J connectivity index is 1.48. The van der Waals surface area contributed by atoms with Gasteiger partial charge in [0.1, 0.15) is 29.7 Å². The van der Waals surface area contributed by atoms with Gasteiger partial charge in [0.2, 0.25) is 0 Å². The number of halogens is 3. The lowest BCUT2D eigenvalue weighted by atomic mass is 10.0. The van der Waals surface area contributed by atoms with Crippen LogP contribution in [0.2, 0.25) is 0 Å². The van der Waals surface area contributed by atoms with E-state index in [2.05, 4.69) is 6.58 Å². The fourth-order valence-electron chi connectivity index (χ4n) is 3.67. The summed E-state index contributed by atoms with van der Waals surface area (Å²) in [7, 11) is 0. The summed E-state index contributed by atoms with van der Waals surface area (Å²) in [6, 6.07) is 19.5. The third-order valence-corrected chi connectivity index (χ3v) is 5.46. The van der Waals surface area contributed by atoms with Crippen molar-refractivity contribution in [2.75, 3.05) is 13.2 Å². The Bertz CT molecular complexity index is 1410. The highest BCUT2D eigenvalue weighted by molar-refractivity contribution is 5.92. The summed E-state index contributed by atoms with van der Waals surface area (Å²) in [5, 5.41) is 0. The van der Waals surface area contributed by atoms with Crippen LogP contribution in [0.15, 0.2) is 91.5 Å². The van der Waals surface area contributed by atoms with Gasteiger partial charge in [-0.05, 0) is 60.5 Å². The number of ether oxygens (including phenoxy) is 3. The molecule has 188 valence electrons. The molecule has 0 aromatic heterocycles. The Kier molecular flexibility index (Phi) is 7.93. The molecule has 0 aliphatic carbocycles. The minimum atomic E-state index is -1.31. The molecule has 0 amide bonds. The van der Waals surface area contributed by atoms with E-state index in [0.717, 1.165) is 0 Å². The zero-order valence-corrected chi connectivity index (χ0v) is 20.0. The molecule has 4 aromatic carbocycles. The van der Waals surface area contributed by atoms with Crippen molar-refractivity contribution in [3.05, 3.63) is 115 Å². The summed E-state index contributed by atoms with van der Waals surface area (Å²) in [5.74, 6) is -2.95. The first-order chi connectivity index (χ1) is 17.9. The van der Waals surface area contributed by atoms with Crippen LogP contribution in [0.1, 0.15) is 17.3 Å². The van der Waals surface area contributed by atoms with Crippen molar-refractivity contribution >= 4 is 5.97 Å². The van der Waals surface area contributed by atoms with E-state index >= 15 is 0 Å². The van der Waals surface area contributed by atoms with E-state index in [0.29, 0.717) is 34.8 Å². The molecule has 0 aliphatic rings. The third-order valence-electron chi connectivity index (χ3n) is 5.46. The Morgan fingerprint density at radius 1 is 0.757 bits per heavy atom. The molecule has 0 aliphatic heterocycles. The van der Waals surface area contributed by atoms with Gasteiger partial charge in [0, 0.05) is 17.2 Å². The Morgan fingerprint density at radius 2 is 1.35 bits per heavy atom. The van der Waals surface area contributed by atoms with Gasteiger partial charge in [0.25, 0.3) is 0 Å². The minimum absolute atomic E-state index is 0.00406. The Morgan fingerprint density at radius 3 is 1.97 bits per heavy atom. The standard InChI is InChI=1S/C30H23F3O4/c1-3-17-36-23-13-14-24(27(31)18-23)19-7-11-22(12-8-19)37-30(34)26-16-15-25(28(32)29(26)33)20-5-9-21(10-6-20)35-4-2/h3,5-16,18H,1,4,17H2,2H3. The molecule has 0 spiro atoms. The van der Waals surface area contributed by atoms with Gasteiger partial charge >= 0.3 is 5.97 Å². The molecule has 4 nitrogen and oxygen atoms in total. The van der Waals surface area contributed by atoms with E-state index in [1.54, 1.807) is 54.6 Å². The number of carbonyl (C=O) groups excluding carboxylic acids is 1. The summed E-state index contributed by atoms with van der Waals surface area (Å²) in [5.41, 5.74) is 0.746. The van der Waals surface area contributed by atoms with Gasteiger partial charge < -0.3 is 14.2 Å². The van der Waals surface area contributed by atoms with Crippen molar-refractivity contribution < 1.29 is 32.2 Å². The smallest absolute Gasteiger partial charge is 0.346 e. The number of carbonyl (C=O) groups is 1. The van der Waals surface area contributed by atoms with Gasteiger partial charge in [-0.15, -0.1) is 0 Å². The predicted molar refractivity (Wildman–Crippen MR) is 135 cm³/mol. The van der Waals surface area contributed by atoms with Crippen LogP contribution in [0, 0.1) is 17.5 Å². The van der Waals surface area contributed by atoms with Crippen molar-refractivity contribution in [3.63, 3.8) is 0 Å². The SMILES string of the molecule is C=CCOc1ccc(-c2ccc(OC(=O)c3ccc(-c4ccc(OCC)cc4)c(F)c3F)cc2)c(F)c1. The molecule has 0 atom stereocenters. The van der Waals surface area contributed by atoms with Crippen LogP contribution >= 0.6 is 0 Å². The highest BCUT2D eigenvalue weighted by Gasteiger charge is 2.21. The number of benzene rings is 4. The normalized spacial score (nSPS) is 10.6. The zero-order chi connectivity index (χ0) is 26.4. The van der Waals surface area contributed by atoms with Crippen LogP contribution in [0.3, 0.4) is 0 Å². The lowest BCUT2D eigenvalue weighted by Crippen LogP contribution is -2.12. The summed E-state index contributed by atoms with van der Waals surface area (Å²) in [6.07, 6.45) is 1.56. The van der Waals surface area contributed by atoms with Crippen molar-refractivity contribution in [1.82, 2.24) is 0 Å². The van der Waals surface area contributed by atoms with Crippen molar-refractivity contribution in [3.8, 4) is 39.5 Å². The van der Waals surface area contributed by atoms with Crippen molar-refractivity contribution in [2.45, 2.75) is 6.92 Å². The molecule has 0 radical (unpaired) electrons. The predicted octanol–water partition coefficient (Wildman–Crippen LogP) is 7.62. The van der Waals surface area contributed by atoms with E-state index in [9.17, 15) is 18.0 Å². The first-order valence-electron chi connectivity index (χ1n) is 11.5. The molecule has 0 saturated carbocycles. The van der Waals surface area contributed by atoms with Crippen LogP contribution in [-0.2, 0) is 0 Å². The van der Waals surface area contributed by atoms with Crippen molar-refractivity contribution in [1.29, 1.82) is 0 Å². The molecule has 0 fully saturated rings. The fraction of sp³-hybridized carbons (Fsp3) is 0.100. The van der Waals surface area contributed by atoms with Gasteiger partial charge in [-0.1, -0.05) is 43.0 Å². The van der Waals surface area contributed by atoms with Crippen LogP contribution in [0.5, 0.6) is 17.2 Å². The number of hydrogen-bond donors (Lipinski definition) is 0. The van der Waals surface area contributed by atoms with Crippen molar-refractivity contribution in [2.24, 2.45) is 0 Å². The van der Waals surface area contributed by atoms with Crippen LogP contribution < -0.4 is 14.2 Å². The van der Waals surface area contributed by atoms with E-state index < -0.39 is 29.0 Å². The maximum absolute atomic E-state index is 14.8. The maximum Gasteiger partial charge on any atom is 0.346 e. The van der Waals surface area contributed by atoms with Gasteiger partial charge in [-0.3, -0.25) is 0 Å². The zero-order valence-electron chi connectivity index (χ0n) is 20.0. The van der Waals surface area contributed by atoms with E-state index in [-0.39, 0.29) is 17.9 Å². The summed E-state index contributed by atoms with van der Waals surface area (Å²) < 4.78 is 60.0. The number of rotatable bonds is 9. The van der Waals surface area contributed by atoms with Crippen LogP contribution in [0.4, 0.5) is 13.2 Å². The van der Waals surface area contributed by atoms with Gasteiger partial charge in [-0.25, -0.2) is 18.0 Å². The summed E-state index contributed by atoms with van der Waals surface area (Å²) in [6.45, 7) is 6.13. The van der Waals surface area contributed by atoms with E-state index in [4.69, 9.17) is 14.2 Å². The quantitative estimate of drug-likeness (QED) is 0.134. The fourth-order valence-corrected chi connectivity index (χ4v) is 3.67. The van der Waals surface area contributed by atoms with E-state index in [1.165, 1.54) is 30.3 Å². The second-order valence-corrected chi connectivity index (χ2v) is 7.90. The monoisotopic (exact) mass is 504 g/mol. The van der Waals surface area contributed by atoms with Crippen LogP contribution in [-0.4, -0.2) is 19.2 Å². The molecule has 7 heteroatoms. The second-order valence-electron chi connectivity index (χ2n) is 7.90. The molecule has 0 heterocycles. The largest absolute Gasteiger partial charge is 0.494 e. The molecular formula is C30H23F3O4. The lowest BCUT2D eigenvalue weighted by molar-refractivity contribution is 0.0728. The van der Waals surface area contributed by atoms with Crippen LogP contribution in [0.25, 0.3) is 22.3 Å². The third kappa shape index (κ3) is 5.83. The first kappa shape index (κ1) is 25.6. The Hall–Kier alpha value is -4.52. The van der Waals surface area contributed by atoms with Gasteiger partial charge in [-0.2, -0.15) is 0 Å². The highest BCUT2D eigenvalue weighted by Crippen LogP contribution is 2.30. The molecule has 0 saturated heterocycles. The average molecular weight is 505 g/mol. The molecule has 0 bridgehead atoms. The van der Waals surface area contributed by atoms with Gasteiger partial charge in [0.15, 0.2) is 11.6 Å².